The maximum Gasteiger partial charge on any atom is 0.143 e. The van der Waals surface area contributed by atoms with Crippen molar-refractivity contribution in [1.29, 1.82) is 0 Å². The van der Waals surface area contributed by atoms with Crippen LogP contribution in [-0.4, -0.2) is 6.61 Å². The molecule has 1 aromatic rings. The molecule has 0 fully saturated rings. The van der Waals surface area contributed by atoms with Gasteiger partial charge in [-0.15, -0.1) is 0 Å². The second-order valence-corrected chi connectivity index (χ2v) is 2.98. The molecule has 3 heteroatoms. The molecule has 0 atom stereocenters. The number of hydrogen-bond donors (Lipinski definition) is 1. The van der Waals surface area contributed by atoms with E-state index in [1.165, 1.54) is 0 Å². The topological polar surface area (TPSA) is 35.2 Å². The Hall–Kier alpha value is -0.890. The van der Waals surface area contributed by atoms with Crippen LogP contribution >= 0.6 is 11.6 Å². The number of ether oxygens (including phenoxy) is 1. The Labute approximate surface area is 77.3 Å². The number of rotatable bonds is 2. The van der Waals surface area contributed by atoms with Crippen LogP contribution in [0.4, 0.5) is 5.69 Å². The quantitative estimate of drug-likeness (QED) is 0.719. The second-order valence-electron chi connectivity index (χ2n) is 2.57. The van der Waals surface area contributed by atoms with Crippen molar-refractivity contribution in [3.8, 4) is 5.75 Å². The zero-order chi connectivity index (χ0) is 9.14. The third kappa shape index (κ3) is 1.83. The molecule has 1 aromatic carbocycles. The van der Waals surface area contributed by atoms with E-state index in [1.807, 2.05) is 19.9 Å². The van der Waals surface area contributed by atoms with Gasteiger partial charge < -0.3 is 10.5 Å². The van der Waals surface area contributed by atoms with Crippen molar-refractivity contribution in [2.45, 2.75) is 13.8 Å². The third-order valence-corrected chi connectivity index (χ3v) is 2.00. The second kappa shape index (κ2) is 3.68. The lowest BCUT2D eigenvalue weighted by Gasteiger charge is -2.08. The summed E-state index contributed by atoms with van der Waals surface area (Å²) < 4.78 is 5.26. The zero-order valence-corrected chi connectivity index (χ0v) is 7.98. The molecule has 0 aromatic heterocycles. The SMILES string of the molecule is CCOc1cc(Cl)c(C)cc1N. The molecule has 2 N–H and O–H groups in total. The molecule has 0 aliphatic rings. The van der Waals surface area contributed by atoms with Gasteiger partial charge in [-0.05, 0) is 25.5 Å². The zero-order valence-electron chi connectivity index (χ0n) is 7.23. The molecule has 1 rings (SSSR count). The van der Waals surface area contributed by atoms with Crippen LogP contribution in [0.5, 0.6) is 5.75 Å². The van der Waals surface area contributed by atoms with Crippen LogP contribution in [0.3, 0.4) is 0 Å². The van der Waals surface area contributed by atoms with Gasteiger partial charge in [0, 0.05) is 11.1 Å². The Morgan fingerprint density at radius 1 is 1.50 bits per heavy atom. The van der Waals surface area contributed by atoms with E-state index in [1.54, 1.807) is 6.07 Å². The van der Waals surface area contributed by atoms with Crippen LogP contribution in [0.15, 0.2) is 12.1 Å². The molecule has 0 amide bonds. The predicted molar refractivity (Wildman–Crippen MR) is 51.8 cm³/mol. The summed E-state index contributed by atoms with van der Waals surface area (Å²) in [5, 5.41) is 0.688. The standard InChI is InChI=1S/C9H12ClNO/c1-3-12-9-5-7(10)6(2)4-8(9)11/h4-5H,3,11H2,1-2H3. The van der Waals surface area contributed by atoms with Crippen LogP contribution in [0, 0.1) is 6.92 Å². The number of anilines is 1. The monoisotopic (exact) mass is 185 g/mol. The van der Waals surface area contributed by atoms with Crippen LogP contribution < -0.4 is 10.5 Å². The van der Waals surface area contributed by atoms with Crippen molar-refractivity contribution >= 4 is 17.3 Å². The van der Waals surface area contributed by atoms with E-state index < -0.39 is 0 Å². The van der Waals surface area contributed by atoms with Gasteiger partial charge in [-0.25, -0.2) is 0 Å². The predicted octanol–water partition coefficient (Wildman–Crippen LogP) is 2.63. The highest BCUT2D eigenvalue weighted by Gasteiger charge is 2.03. The first kappa shape index (κ1) is 9.20. The molecule has 0 saturated carbocycles. The number of halogens is 1. The number of nitrogens with two attached hydrogens (primary N) is 1. The number of aryl methyl sites for hydroxylation is 1. The Kier molecular flexibility index (Phi) is 2.82. The minimum atomic E-state index is 0.601. The molecule has 66 valence electrons. The van der Waals surface area contributed by atoms with E-state index in [0.717, 1.165) is 5.56 Å². The lowest BCUT2D eigenvalue weighted by molar-refractivity contribution is 0.342. The van der Waals surface area contributed by atoms with Crippen molar-refractivity contribution in [2.75, 3.05) is 12.3 Å². The summed E-state index contributed by atoms with van der Waals surface area (Å²) in [4.78, 5) is 0. The number of hydrogen-bond acceptors (Lipinski definition) is 2. The average Bonchev–Trinajstić information content (AvgIpc) is 2.01. The first-order valence-corrected chi connectivity index (χ1v) is 4.21. The van der Waals surface area contributed by atoms with E-state index in [0.29, 0.717) is 23.1 Å². The normalized spacial score (nSPS) is 9.92. The minimum Gasteiger partial charge on any atom is -0.492 e. The molecule has 0 spiro atoms. The summed E-state index contributed by atoms with van der Waals surface area (Å²) >= 11 is 5.89. The van der Waals surface area contributed by atoms with Crippen molar-refractivity contribution in [1.82, 2.24) is 0 Å². The fourth-order valence-corrected chi connectivity index (χ4v) is 1.12. The lowest BCUT2D eigenvalue weighted by Crippen LogP contribution is -1.97. The maximum absolute atomic E-state index is 5.89. The molecule has 12 heavy (non-hydrogen) atoms. The van der Waals surface area contributed by atoms with Crippen molar-refractivity contribution in [3.63, 3.8) is 0 Å². The maximum atomic E-state index is 5.89. The summed E-state index contributed by atoms with van der Waals surface area (Å²) in [6, 6.07) is 3.56. The van der Waals surface area contributed by atoms with E-state index in [-0.39, 0.29) is 0 Å². The Balaban J connectivity index is 3.05. The van der Waals surface area contributed by atoms with Crippen LogP contribution in [0.2, 0.25) is 5.02 Å². The number of nitrogen functional groups attached to an aromatic ring is 1. The molecule has 2 nitrogen and oxygen atoms in total. The molecule has 0 aliphatic heterocycles. The summed E-state index contributed by atoms with van der Waals surface area (Å²) in [5.74, 6) is 0.660. The Morgan fingerprint density at radius 3 is 2.75 bits per heavy atom. The van der Waals surface area contributed by atoms with Crippen LogP contribution in [0.25, 0.3) is 0 Å². The highest BCUT2D eigenvalue weighted by atomic mass is 35.5. The van der Waals surface area contributed by atoms with E-state index in [4.69, 9.17) is 22.1 Å². The van der Waals surface area contributed by atoms with Gasteiger partial charge in [0.2, 0.25) is 0 Å². The van der Waals surface area contributed by atoms with E-state index in [2.05, 4.69) is 0 Å². The first-order valence-electron chi connectivity index (χ1n) is 3.83. The van der Waals surface area contributed by atoms with Crippen LogP contribution in [-0.2, 0) is 0 Å². The Morgan fingerprint density at radius 2 is 2.17 bits per heavy atom. The summed E-state index contributed by atoms with van der Waals surface area (Å²) in [6.45, 7) is 4.42. The highest BCUT2D eigenvalue weighted by molar-refractivity contribution is 6.31. The van der Waals surface area contributed by atoms with Gasteiger partial charge >= 0.3 is 0 Å². The van der Waals surface area contributed by atoms with Crippen LogP contribution in [0.1, 0.15) is 12.5 Å². The van der Waals surface area contributed by atoms with Gasteiger partial charge in [0.1, 0.15) is 5.75 Å². The summed E-state index contributed by atoms with van der Waals surface area (Å²) in [5.41, 5.74) is 7.30. The molecule has 0 unspecified atom stereocenters. The largest absolute Gasteiger partial charge is 0.492 e. The molecule has 0 bridgehead atoms. The van der Waals surface area contributed by atoms with Crippen molar-refractivity contribution < 1.29 is 4.74 Å². The molecule has 0 radical (unpaired) electrons. The van der Waals surface area contributed by atoms with E-state index in [9.17, 15) is 0 Å². The summed E-state index contributed by atoms with van der Waals surface area (Å²) in [6.07, 6.45) is 0. The fourth-order valence-electron chi connectivity index (χ4n) is 0.966. The fraction of sp³-hybridized carbons (Fsp3) is 0.333. The third-order valence-electron chi connectivity index (χ3n) is 1.59. The van der Waals surface area contributed by atoms with Gasteiger partial charge in [0.25, 0.3) is 0 Å². The molecular formula is C9H12ClNO. The van der Waals surface area contributed by atoms with Gasteiger partial charge in [0.05, 0.1) is 12.3 Å². The van der Waals surface area contributed by atoms with Gasteiger partial charge in [-0.2, -0.15) is 0 Å². The van der Waals surface area contributed by atoms with Gasteiger partial charge in [-0.3, -0.25) is 0 Å². The average molecular weight is 186 g/mol. The van der Waals surface area contributed by atoms with Gasteiger partial charge in [0.15, 0.2) is 0 Å². The molecule has 0 saturated heterocycles. The number of benzene rings is 1. The lowest BCUT2D eigenvalue weighted by atomic mass is 10.2. The first-order chi connectivity index (χ1) is 5.65. The Bertz CT molecular complexity index is 286. The smallest absolute Gasteiger partial charge is 0.143 e. The van der Waals surface area contributed by atoms with Gasteiger partial charge in [-0.1, -0.05) is 11.6 Å². The molecular weight excluding hydrogens is 174 g/mol. The highest BCUT2D eigenvalue weighted by Crippen LogP contribution is 2.28. The minimum absolute atomic E-state index is 0.601. The molecule has 0 aliphatic carbocycles. The van der Waals surface area contributed by atoms with E-state index >= 15 is 0 Å². The van der Waals surface area contributed by atoms with Crippen molar-refractivity contribution in [3.05, 3.63) is 22.7 Å². The van der Waals surface area contributed by atoms with Crippen molar-refractivity contribution in [2.24, 2.45) is 0 Å². The molecule has 0 heterocycles. The summed E-state index contributed by atoms with van der Waals surface area (Å²) in [7, 11) is 0.